The van der Waals surface area contributed by atoms with Gasteiger partial charge in [0.2, 0.25) is 0 Å². The largest absolute Gasteiger partial charge is 0.470 e. The number of Topliss-reactive ketones (excluding diaryl/α,β-unsaturated/α-hetero) is 1. The first-order valence-electron chi connectivity index (χ1n) is 6.24. The van der Waals surface area contributed by atoms with E-state index in [1.54, 1.807) is 25.1 Å². The van der Waals surface area contributed by atoms with E-state index >= 15 is 0 Å². The Labute approximate surface area is 146 Å². The molecule has 1 aromatic rings. The molecule has 0 aliphatic carbocycles. The first-order valence-corrected chi connectivity index (χ1v) is 7.47. The summed E-state index contributed by atoms with van der Waals surface area (Å²) in [5.41, 5.74) is 5.11. The third-order valence-corrected chi connectivity index (χ3v) is 3.34. The lowest BCUT2D eigenvalue weighted by atomic mass is 9.96. The van der Waals surface area contributed by atoms with Gasteiger partial charge in [-0.1, -0.05) is 42.4 Å². The molecule has 0 saturated heterocycles. The summed E-state index contributed by atoms with van der Waals surface area (Å²) in [7, 11) is 3.58. The summed E-state index contributed by atoms with van der Waals surface area (Å²) < 4.78 is 5.41. The van der Waals surface area contributed by atoms with Crippen LogP contribution in [0.15, 0.2) is 24.3 Å². The monoisotopic (exact) mass is 362 g/mol. The summed E-state index contributed by atoms with van der Waals surface area (Å²) in [4.78, 5) is 22.4. The van der Waals surface area contributed by atoms with Crippen LogP contribution in [0.1, 0.15) is 18.4 Å². The minimum absolute atomic E-state index is 0.00431. The summed E-state index contributed by atoms with van der Waals surface area (Å²) in [6.07, 6.45) is 0. The summed E-state index contributed by atoms with van der Waals surface area (Å²) in [6.45, 7) is 1.73. The number of amides is 1. The van der Waals surface area contributed by atoms with Crippen molar-refractivity contribution in [2.45, 2.75) is 12.8 Å². The molecule has 2 N–H and O–H groups in total. The number of ketones is 1. The minimum atomic E-state index is -0.639. The van der Waals surface area contributed by atoms with Gasteiger partial charge in [-0.3, -0.25) is 9.59 Å². The molecule has 0 aromatic heterocycles. The highest BCUT2D eigenvalue weighted by Gasteiger charge is 2.20. The van der Waals surface area contributed by atoms with Gasteiger partial charge in [0.05, 0.1) is 5.92 Å². The highest BCUT2D eigenvalue weighted by molar-refractivity contribution is 7.96. The van der Waals surface area contributed by atoms with Gasteiger partial charge in [0.25, 0.3) is 10.4 Å². The molecule has 22 heavy (non-hydrogen) atoms. The number of nitrogens with zero attached hydrogens (tertiary/aromatic N) is 1. The van der Waals surface area contributed by atoms with Crippen molar-refractivity contribution in [3.05, 3.63) is 34.9 Å². The van der Waals surface area contributed by atoms with Crippen LogP contribution in [-0.4, -0.2) is 41.8 Å². The van der Waals surface area contributed by atoms with E-state index in [0.29, 0.717) is 10.2 Å². The Morgan fingerprint density at radius 2 is 1.91 bits per heavy atom. The number of ether oxygens (including phenoxy) is 1. The fourth-order valence-corrected chi connectivity index (χ4v) is 1.80. The Morgan fingerprint density at radius 1 is 1.41 bits per heavy atom. The van der Waals surface area contributed by atoms with E-state index in [4.69, 9.17) is 33.4 Å². The Hall–Kier alpha value is -1.31. The zero-order valence-corrected chi connectivity index (χ0v) is 15.0. The maximum absolute atomic E-state index is 11.7. The molecular weight excluding hydrogens is 344 g/mol. The van der Waals surface area contributed by atoms with Gasteiger partial charge in [-0.05, 0) is 30.8 Å². The number of hydrogen-bond donors (Lipinski definition) is 2. The van der Waals surface area contributed by atoms with Gasteiger partial charge in [-0.25, -0.2) is 0 Å². The van der Waals surface area contributed by atoms with Crippen molar-refractivity contribution < 1.29 is 14.3 Å². The molecule has 1 rings (SSSR count). The third-order valence-electron chi connectivity index (χ3n) is 2.51. The van der Waals surface area contributed by atoms with Crippen molar-refractivity contribution in [1.82, 2.24) is 4.90 Å². The van der Waals surface area contributed by atoms with E-state index in [-0.39, 0.29) is 12.4 Å². The number of carbonyl (C=O) groups is 2. The Kier molecular flexibility index (Phi) is 9.80. The molecule has 0 bridgehead atoms. The quantitative estimate of drug-likeness (QED) is 0.636. The van der Waals surface area contributed by atoms with E-state index in [0.717, 1.165) is 5.56 Å². The first kappa shape index (κ1) is 20.7. The highest BCUT2D eigenvalue weighted by atomic mass is 35.5. The van der Waals surface area contributed by atoms with E-state index in [2.05, 4.69) is 18.4 Å². The number of halogens is 1. The fourth-order valence-electron chi connectivity index (χ4n) is 1.47. The number of carbonyl (C=O) groups excluding carboxylic acids is 2. The Morgan fingerprint density at radius 3 is 2.32 bits per heavy atom. The van der Waals surface area contributed by atoms with Crippen molar-refractivity contribution in [3.8, 4) is 0 Å². The molecular formula is C14H19ClN2O3S2. The average Bonchev–Trinajstić information content (AvgIpc) is 2.39. The van der Waals surface area contributed by atoms with Gasteiger partial charge in [0.15, 0.2) is 0 Å². The van der Waals surface area contributed by atoms with E-state index in [1.165, 1.54) is 6.92 Å². The van der Waals surface area contributed by atoms with Gasteiger partial charge in [-0.15, -0.1) is 0 Å². The van der Waals surface area contributed by atoms with Crippen LogP contribution in [0.5, 0.6) is 0 Å². The van der Waals surface area contributed by atoms with Crippen molar-refractivity contribution in [2.24, 2.45) is 5.73 Å². The molecule has 1 aromatic carbocycles. The molecule has 1 amide bonds. The molecule has 0 spiro atoms. The number of thiol groups is 1. The lowest BCUT2D eigenvalue weighted by Gasteiger charge is -2.19. The molecule has 0 saturated carbocycles. The smallest absolute Gasteiger partial charge is 0.273 e. The second kappa shape index (κ2) is 10.4. The van der Waals surface area contributed by atoms with Crippen LogP contribution in [-0.2, 0) is 9.53 Å². The summed E-state index contributed by atoms with van der Waals surface area (Å²) in [5.74, 6) is -0.388. The fraction of sp³-hybridized carbons (Fsp3) is 0.357. The van der Waals surface area contributed by atoms with Crippen LogP contribution in [0.25, 0.3) is 0 Å². The van der Waals surface area contributed by atoms with Crippen molar-refractivity contribution in [3.63, 3.8) is 0 Å². The number of nitrogens with two attached hydrogens (primary N) is 1. The van der Waals surface area contributed by atoms with Crippen LogP contribution < -0.4 is 5.73 Å². The summed E-state index contributed by atoms with van der Waals surface area (Å²) in [5, 5.41) is 0.283. The van der Waals surface area contributed by atoms with E-state index in [1.807, 2.05) is 18.2 Å². The highest BCUT2D eigenvalue weighted by Crippen LogP contribution is 2.25. The van der Waals surface area contributed by atoms with Gasteiger partial charge >= 0.3 is 0 Å². The van der Waals surface area contributed by atoms with Crippen LogP contribution in [0.2, 0.25) is 5.02 Å². The molecule has 1 atom stereocenters. The van der Waals surface area contributed by atoms with Gasteiger partial charge < -0.3 is 15.4 Å². The molecule has 122 valence electrons. The molecule has 1 unspecified atom stereocenters. The molecule has 0 radical (unpaired) electrons. The summed E-state index contributed by atoms with van der Waals surface area (Å²) in [6, 6.07) is 7.27. The average molecular weight is 363 g/mol. The zero-order chi connectivity index (χ0) is 17.3. The lowest BCUT2D eigenvalue weighted by molar-refractivity contribution is -0.119. The lowest BCUT2D eigenvalue weighted by Crippen LogP contribution is -2.26. The second-order valence-corrected chi connectivity index (χ2v) is 5.69. The molecule has 0 aliphatic rings. The predicted molar refractivity (Wildman–Crippen MR) is 95.7 cm³/mol. The molecule has 0 fully saturated rings. The van der Waals surface area contributed by atoms with E-state index < -0.39 is 11.2 Å². The number of benzene rings is 1. The van der Waals surface area contributed by atoms with Crippen LogP contribution >= 0.6 is 36.4 Å². The van der Waals surface area contributed by atoms with Crippen LogP contribution in [0, 0.1) is 0 Å². The maximum atomic E-state index is 11.7. The topological polar surface area (TPSA) is 72.6 Å². The molecule has 0 aliphatic heterocycles. The van der Waals surface area contributed by atoms with Crippen LogP contribution in [0.4, 0.5) is 4.79 Å². The number of rotatable bonds is 4. The van der Waals surface area contributed by atoms with Crippen molar-refractivity contribution >= 4 is 52.6 Å². The standard InChI is InChI=1S/C13H16ClNO2S.CH3NOS/c1-9(16)11(8-17-13(18)15(2)3)10-6-4-5-7-12(10)14;2-1(3)4/h4-7,11H,8H2,1-3H3;(H3,2,3,4). The van der Waals surface area contributed by atoms with Crippen molar-refractivity contribution in [2.75, 3.05) is 20.7 Å². The van der Waals surface area contributed by atoms with Gasteiger partial charge in [-0.2, -0.15) is 0 Å². The van der Waals surface area contributed by atoms with E-state index in [9.17, 15) is 4.79 Å². The first-order chi connectivity index (χ1) is 10.2. The predicted octanol–water partition coefficient (Wildman–Crippen LogP) is 2.87. The Bertz CT molecular complexity index is 535. The number of thiocarbonyl (C=S) groups is 1. The molecule has 5 nitrogen and oxygen atoms in total. The van der Waals surface area contributed by atoms with Gasteiger partial charge in [0.1, 0.15) is 12.4 Å². The van der Waals surface area contributed by atoms with Crippen molar-refractivity contribution in [1.29, 1.82) is 0 Å². The molecule has 0 heterocycles. The SMILES string of the molecule is CC(=O)C(COC(=S)N(C)C)c1ccccc1Cl.NC(=O)S. The number of hydrogen-bond acceptors (Lipinski definition) is 4. The zero-order valence-electron chi connectivity index (χ0n) is 12.6. The number of primary amides is 1. The third kappa shape index (κ3) is 8.21. The normalized spacial score (nSPS) is 10.8. The maximum Gasteiger partial charge on any atom is 0.273 e. The minimum Gasteiger partial charge on any atom is -0.470 e. The Balaban J connectivity index is 0.000000980. The second-order valence-electron chi connectivity index (χ2n) is 4.49. The van der Waals surface area contributed by atoms with Crippen LogP contribution in [0.3, 0.4) is 0 Å². The molecule has 8 heteroatoms. The van der Waals surface area contributed by atoms with Gasteiger partial charge in [0, 0.05) is 19.1 Å². The summed E-state index contributed by atoms with van der Waals surface area (Å²) >= 11 is 14.2.